The third-order valence-corrected chi connectivity index (χ3v) is 5.86. The van der Waals surface area contributed by atoms with Gasteiger partial charge in [-0.05, 0) is 63.2 Å². The molecular weight excluding hydrogens is 324 g/mol. The molecule has 2 aliphatic rings. The molecule has 0 N–H and O–H groups in total. The lowest BCUT2D eigenvalue weighted by atomic mass is 9.96. The Balaban J connectivity index is 1.31. The number of anilines is 1. The number of piperidine rings is 1. The van der Waals surface area contributed by atoms with Crippen molar-refractivity contribution in [3.63, 3.8) is 0 Å². The van der Waals surface area contributed by atoms with Gasteiger partial charge in [-0.3, -0.25) is 9.69 Å². The lowest BCUT2D eigenvalue weighted by molar-refractivity contribution is -0.120. The molecule has 0 bridgehead atoms. The molecular formula is C21H28N4O. The molecule has 138 valence electrons. The summed E-state index contributed by atoms with van der Waals surface area (Å²) < 4.78 is 2.25. The Morgan fingerprint density at radius 2 is 2.00 bits per heavy atom. The SMILES string of the molecule is Cc1nccn1CC1CCN(CC(=O)N2CCCc3ccccc32)CC1. The largest absolute Gasteiger partial charge is 0.335 e. The van der Waals surface area contributed by atoms with Crippen molar-refractivity contribution in [2.45, 2.75) is 39.2 Å². The van der Waals surface area contributed by atoms with Crippen molar-refractivity contribution in [1.82, 2.24) is 14.5 Å². The summed E-state index contributed by atoms with van der Waals surface area (Å²) in [5, 5.41) is 0. The van der Waals surface area contributed by atoms with Gasteiger partial charge in [0.25, 0.3) is 0 Å². The molecule has 5 nitrogen and oxygen atoms in total. The van der Waals surface area contributed by atoms with E-state index in [4.69, 9.17) is 0 Å². The number of imidazole rings is 1. The van der Waals surface area contributed by atoms with Crippen molar-refractivity contribution in [3.05, 3.63) is 48.0 Å². The van der Waals surface area contributed by atoms with Gasteiger partial charge in [0.15, 0.2) is 0 Å². The van der Waals surface area contributed by atoms with E-state index in [-0.39, 0.29) is 5.91 Å². The van der Waals surface area contributed by atoms with Crippen molar-refractivity contribution >= 4 is 11.6 Å². The molecule has 1 aromatic carbocycles. The van der Waals surface area contributed by atoms with Gasteiger partial charge in [0.2, 0.25) is 5.91 Å². The second kappa shape index (κ2) is 7.62. The predicted molar refractivity (Wildman–Crippen MR) is 103 cm³/mol. The first kappa shape index (κ1) is 17.3. The summed E-state index contributed by atoms with van der Waals surface area (Å²) >= 11 is 0. The fourth-order valence-electron chi connectivity index (χ4n) is 4.27. The highest BCUT2D eigenvalue weighted by molar-refractivity contribution is 5.95. The monoisotopic (exact) mass is 352 g/mol. The minimum atomic E-state index is 0.251. The Labute approximate surface area is 155 Å². The number of rotatable bonds is 4. The number of aromatic nitrogens is 2. The number of para-hydroxylation sites is 1. The molecule has 0 radical (unpaired) electrons. The van der Waals surface area contributed by atoms with E-state index in [0.717, 1.165) is 63.4 Å². The van der Waals surface area contributed by atoms with Crippen molar-refractivity contribution < 1.29 is 4.79 Å². The fraction of sp³-hybridized carbons (Fsp3) is 0.524. The quantitative estimate of drug-likeness (QED) is 0.850. The first-order chi connectivity index (χ1) is 12.7. The molecule has 0 unspecified atom stereocenters. The lowest BCUT2D eigenvalue weighted by Gasteiger charge is -2.35. The molecule has 1 fully saturated rings. The minimum Gasteiger partial charge on any atom is -0.335 e. The van der Waals surface area contributed by atoms with Crippen molar-refractivity contribution in [2.75, 3.05) is 31.1 Å². The van der Waals surface area contributed by atoms with Crippen LogP contribution in [0.25, 0.3) is 0 Å². The van der Waals surface area contributed by atoms with Gasteiger partial charge in [-0.1, -0.05) is 18.2 Å². The Kier molecular flexibility index (Phi) is 5.07. The smallest absolute Gasteiger partial charge is 0.241 e. The predicted octanol–water partition coefficient (Wildman–Crippen LogP) is 2.88. The second-order valence-electron chi connectivity index (χ2n) is 7.62. The normalized spacial score (nSPS) is 18.7. The van der Waals surface area contributed by atoms with Crippen LogP contribution in [-0.2, 0) is 17.8 Å². The molecule has 2 aliphatic heterocycles. The maximum atomic E-state index is 12.9. The summed E-state index contributed by atoms with van der Waals surface area (Å²) in [5.74, 6) is 2.03. The summed E-state index contributed by atoms with van der Waals surface area (Å²) in [7, 11) is 0. The third kappa shape index (κ3) is 3.68. The van der Waals surface area contributed by atoms with Crippen molar-refractivity contribution in [1.29, 1.82) is 0 Å². The molecule has 0 spiro atoms. The summed E-state index contributed by atoms with van der Waals surface area (Å²) in [6.45, 7) is 6.54. The number of carbonyl (C=O) groups is 1. The molecule has 0 atom stereocenters. The zero-order valence-electron chi connectivity index (χ0n) is 15.6. The molecule has 1 saturated heterocycles. The molecule has 2 aromatic rings. The first-order valence-electron chi connectivity index (χ1n) is 9.79. The molecule has 0 aliphatic carbocycles. The van der Waals surface area contributed by atoms with Gasteiger partial charge in [-0.2, -0.15) is 0 Å². The summed E-state index contributed by atoms with van der Waals surface area (Å²) in [6.07, 6.45) is 8.40. The van der Waals surface area contributed by atoms with Gasteiger partial charge in [-0.25, -0.2) is 4.98 Å². The summed E-state index contributed by atoms with van der Waals surface area (Å²) in [5.41, 5.74) is 2.43. The molecule has 1 amide bonds. The Morgan fingerprint density at radius 3 is 2.77 bits per heavy atom. The standard InChI is InChI=1S/C21H28N4O/c1-17-22-10-14-24(17)15-18-8-12-23(13-9-18)16-21(26)25-11-4-6-19-5-2-3-7-20(19)25/h2-3,5,7,10,14,18H,4,6,8-9,11-13,15-16H2,1H3. The highest BCUT2D eigenvalue weighted by Gasteiger charge is 2.26. The fourth-order valence-corrected chi connectivity index (χ4v) is 4.27. The van der Waals surface area contributed by atoms with Crippen molar-refractivity contribution in [3.8, 4) is 0 Å². The number of fused-ring (bicyclic) bond motifs is 1. The van der Waals surface area contributed by atoms with Crippen LogP contribution in [-0.4, -0.2) is 46.5 Å². The summed E-state index contributed by atoms with van der Waals surface area (Å²) in [6, 6.07) is 8.35. The average molecular weight is 352 g/mol. The summed E-state index contributed by atoms with van der Waals surface area (Å²) in [4.78, 5) is 21.5. The van der Waals surface area contributed by atoms with Crippen molar-refractivity contribution in [2.24, 2.45) is 5.92 Å². The maximum Gasteiger partial charge on any atom is 0.241 e. The van der Waals surface area contributed by atoms with Crippen LogP contribution in [0, 0.1) is 12.8 Å². The third-order valence-electron chi connectivity index (χ3n) is 5.86. The average Bonchev–Trinajstić information content (AvgIpc) is 3.07. The molecule has 3 heterocycles. The van der Waals surface area contributed by atoms with E-state index < -0.39 is 0 Å². The van der Waals surface area contributed by atoms with Gasteiger partial charge in [0.05, 0.1) is 6.54 Å². The van der Waals surface area contributed by atoms with E-state index in [1.807, 2.05) is 17.2 Å². The molecule has 26 heavy (non-hydrogen) atoms. The van der Waals surface area contributed by atoms with Gasteiger partial charge < -0.3 is 9.47 Å². The highest BCUT2D eigenvalue weighted by Crippen LogP contribution is 2.27. The lowest BCUT2D eigenvalue weighted by Crippen LogP contribution is -2.45. The first-order valence-corrected chi connectivity index (χ1v) is 9.79. The second-order valence-corrected chi connectivity index (χ2v) is 7.62. The van der Waals surface area contributed by atoms with Crippen LogP contribution >= 0.6 is 0 Å². The van der Waals surface area contributed by atoms with E-state index in [9.17, 15) is 4.79 Å². The van der Waals surface area contributed by atoms with Gasteiger partial charge in [-0.15, -0.1) is 0 Å². The molecule has 0 saturated carbocycles. The van der Waals surface area contributed by atoms with Crippen LogP contribution in [0.2, 0.25) is 0 Å². The molecule has 1 aromatic heterocycles. The number of aryl methyl sites for hydroxylation is 2. The maximum absolute atomic E-state index is 12.9. The number of hydrogen-bond donors (Lipinski definition) is 0. The number of nitrogens with zero attached hydrogens (tertiary/aromatic N) is 4. The minimum absolute atomic E-state index is 0.251. The Bertz CT molecular complexity index is 761. The number of amides is 1. The molecule has 4 rings (SSSR count). The Morgan fingerprint density at radius 1 is 1.19 bits per heavy atom. The topological polar surface area (TPSA) is 41.4 Å². The molecule has 5 heteroatoms. The van der Waals surface area contributed by atoms with Gasteiger partial charge in [0.1, 0.15) is 5.82 Å². The van der Waals surface area contributed by atoms with Crippen LogP contribution in [0.4, 0.5) is 5.69 Å². The van der Waals surface area contributed by atoms with E-state index in [1.165, 1.54) is 5.56 Å². The van der Waals surface area contributed by atoms with E-state index in [1.54, 1.807) is 0 Å². The zero-order valence-corrected chi connectivity index (χ0v) is 15.6. The number of benzene rings is 1. The van der Waals surface area contributed by atoms with E-state index >= 15 is 0 Å². The van der Waals surface area contributed by atoms with Gasteiger partial charge in [0, 0.05) is 31.2 Å². The van der Waals surface area contributed by atoms with Crippen LogP contribution in [0.3, 0.4) is 0 Å². The zero-order chi connectivity index (χ0) is 17.9. The van der Waals surface area contributed by atoms with Crippen LogP contribution in [0.15, 0.2) is 36.7 Å². The van der Waals surface area contributed by atoms with Crippen LogP contribution in [0.5, 0.6) is 0 Å². The van der Waals surface area contributed by atoms with Gasteiger partial charge >= 0.3 is 0 Å². The van der Waals surface area contributed by atoms with Crippen LogP contribution < -0.4 is 4.90 Å². The van der Waals surface area contributed by atoms with E-state index in [2.05, 4.69) is 45.8 Å². The highest BCUT2D eigenvalue weighted by atomic mass is 16.2. The number of likely N-dealkylation sites (tertiary alicyclic amines) is 1. The van der Waals surface area contributed by atoms with E-state index in [0.29, 0.717) is 12.5 Å². The van der Waals surface area contributed by atoms with Crippen LogP contribution in [0.1, 0.15) is 30.7 Å². The number of carbonyl (C=O) groups excluding carboxylic acids is 1. The number of hydrogen-bond acceptors (Lipinski definition) is 3. The Hall–Kier alpha value is -2.14.